The van der Waals surface area contributed by atoms with Crippen molar-refractivity contribution in [2.24, 2.45) is 10.7 Å². The van der Waals surface area contributed by atoms with E-state index >= 15 is 0 Å². The number of nitrogens with one attached hydrogen (secondary N) is 1. The molecule has 1 amide bonds. The molecule has 1 aliphatic rings. The van der Waals surface area contributed by atoms with Crippen LogP contribution in [0.4, 0.5) is 14.5 Å². The molecule has 21 heavy (non-hydrogen) atoms. The standard InChI is InChI=1S/C15H11F2N3O/c16-9-4-1-3-8(7-9)12-10-5-2-6-11(17)13(10)20-15(21)14(18)19-12/h1-7,14H,18H2,(H,20,21). The van der Waals surface area contributed by atoms with Gasteiger partial charge in [0.15, 0.2) is 6.17 Å². The summed E-state index contributed by atoms with van der Waals surface area (Å²) in [5, 5.41) is 2.41. The van der Waals surface area contributed by atoms with Crippen LogP contribution < -0.4 is 11.1 Å². The number of carbonyl (C=O) groups excluding carboxylic acids is 1. The molecule has 0 radical (unpaired) electrons. The van der Waals surface area contributed by atoms with Crippen molar-refractivity contribution in [2.45, 2.75) is 6.17 Å². The van der Waals surface area contributed by atoms with Gasteiger partial charge in [0, 0.05) is 11.1 Å². The molecule has 0 saturated carbocycles. The second-order valence-corrected chi connectivity index (χ2v) is 4.58. The zero-order valence-corrected chi connectivity index (χ0v) is 10.8. The van der Waals surface area contributed by atoms with Crippen molar-refractivity contribution in [2.75, 3.05) is 5.32 Å². The molecule has 0 saturated heterocycles. The van der Waals surface area contributed by atoms with E-state index in [4.69, 9.17) is 5.73 Å². The third-order valence-corrected chi connectivity index (χ3v) is 3.15. The van der Waals surface area contributed by atoms with Gasteiger partial charge < -0.3 is 11.1 Å². The van der Waals surface area contributed by atoms with E-state index in [-0.39, 0.29) is 11.4 Å². The molecule has 1 aliphatic heterocycles. The first-order valence-corrected chi connectivity index (χ1v) is 6.25. The van der Waals surface area contributed by atoms with Crippen LogP contribution in [0.1, 0.15) is 11.1 Å². The molecular weight excluding hydrogens is 276 g/mol. The van der Waals surface area contributed by atoms with E-state index in [9.17, 15) is 13.6 Å². The molecule has 1 atom stereocenters. The molecule has 4 nitrogen and oxygen atoms in total. The van der Waals surface area contributed by atoms with E-state index < -0.39 is 23.7 Å². The van der Waals surface area contributed by atoms with E-state index in [1.807, 2.05) is 0 Å². The topological polar surface area (TPSA) is 67.5 Å². The fraction of sp³-hybridized carbons (Fsp3) is 0.0667. The fourth-order valence-corrected chi connectivity index (χ4v) is 2.18. The molecule has 3 rings (SSSR count). The number of halogens is 2. The highest BCUT2D eigenvalue weighted by atomic mass is 19.1. The summed E-state index contributed by atoms with van der Waals surface area (Å²) in [6, 6.07) is 10.00. The van der Waals surface area contributed by atoms with Crippen LogP contribution in [0.2, 0.25) is 0 Å². The van der Waals surface area contributed by atoms with E-state index in [0.29, 0.717) is 11.1 Å². The van der Waals surface area contributed by atoms with Crippen molar-refractivity contribution in [3.8, 4) is 0 Å². The van der Waals surface area contributed by atoms with E-state index in [1.165, 1.54) is 30.3 Å². The minimum atomic E-state index is -1.19. The lowest BCUT2D eigenvalue weighted by Crippen LogP contribution is -2.33. The number of benzene rings is 2. The molecule has 0 aromatic heterocycles. The molecule has 0 bridgehead atoms. The van der Waals surface area contributed by atoms with Gasteiger partial charge in [-0.3, -0.25) is 9.79 Å². The van der Waals surface area contributed by atoms with Gasteiger partial charge in [0.2, 0.25) is 0 Å². The number of benzodiazepines with no additional fused rings is 1. The minimum Gasteiger partial charge on any atom is -0.320 e. The first-order valence-electron chi connectivity index (χ1n) is 6.25. The average Bonchev–Trinajstić information content (AvgIpc) is 2.58. The highest BCUT2D eigenvalue weighted by Crippen LogP contribution is 2.26. The Kier molecular flexibility index (Phi) is 3.23. The molecule has 0 fully saturated rings. The third-order valence-electron chi connectivity index (χ3n) is 3.15. The Morgan fingerprint density at radius 1 is 1.14 bits per heavy atom. The Morgan fingerprint density at radius 2 is 1.90 bits per heavy atom. The molecule has 6 heteroatoms. The summed E-state index contributed by atoms with van der Waals surface area (Å²) in [4.78, 5) is 15.9. The van der Waals surface area contributed by atoms with Crippen LogP contribution >= 0.6 is 0 Å². The SMILES string of the molecule is NC1N=C(c2cccc(F)c2)c2cccc(F)c2NC1=O. The van der Waals surface area contributed by atoms with Gasteiger partial charge >= 0.3 is 0 Å². The first-order chi connectivity index (χ1) is 10.1. The summed E-state index contributed by atoms with van der Waals surface area (Å²) in [5.41, 5.74) is 6.72. The normalized spacial score (nSPS) is 17.6. The van der Waals surface area contributed by atoms with Gasteiger partial charge in [0.05, 0.1) is 11.4 Å². The molecule has 0 spiro atoms. The van der Waals surface area contributed by atoms with E-state index in [2.05, 4.69) is 10.3 Å². The Morgan fingerprint density at radius 3 is 2.67 bits per heavy atom. The second-order valence-electron chi connectivity index (χ2n) is 4.58. The zero-order valence-electron chi connectivity index (χ0n) is 10.8. The van der Waals surface area contributed by atoms with Gasteiger partial charge in [-0.2, -0.15) is 0 Å². The number of anilines is 1. The number of nitrogens with zero attached hydrogens (tertiary/aromatic N) is 1. The number of para-hydroxylation sites is 1. The summed E-state index contributed by atoms with van der Waals surface area (Å²) in [6.45, 7) is 0. The number of hydrogen-bond acceptors (Lipinski definition) is 3. The molecule has 106 valence electrons. The predicted octanol–water partition coefficient (Wildman–Crippen LogP) is 2.04. The van der Waals surface area contributed by atoms with E-state index in [1.54, 1.807) is 12.1 Å². The Bertz CT molecular complexity index is 758. The molecule has 3 N–H and O–H groups in total. The number of fused-ring (bicyclic) bond motifs is 1. The maximum absolute atomic E-state index is 13.9. The quantitative estimate of drug-likeness (QED) is 0.842. The summed E-state index contributed by atoms with van der Waals surface area (Å²) < 4.78 is 27.3. The zero-order chi connectivity index (χ0) is 15.0. The van der Waals surface area contributed by atoms with Crippen molar-refractivity contribution in [3.05, 3.63) is 65.2 Å². The lowest BCUT2D eigenvalue weighted by atomic mass is 10.0. The summed E-state index contributed by atoms with van der Waals surface area (Å²) in [6.07, 6.45) is -1.19. The number of nitrogens with two attached hydrogens (primary N) is 1. The van der Waals surface area contributed by atoms with Gasteiger partial charge in [0.1, 0.15) is 11.6 Å². The minimum absolute atomic E-state index is 0.00142. The van der Waals surface area contributed by atoms with Crippen molar-refractivity contribution >= 4 is 17.3 Å². The number of carbonyl (C=O) groups is 1. The lowest BCUT2D eigenvalue weighted by molar-refractivity contribution is -0.117. The van der Waals surface area contributed by atoms with Crippen molar-refractivity contribution in [1.82, 2.24) is 0 Å². The molecule has 2 aromatic carbocycles. The van der Waals surface area contributed by atoms with Crippen LogP contribution in [0.15, 0.2) is 47.5 Å². The monoisotopic (exact) mass is 287 g/mol. The Hall–Kier alpha value is -2.60. The number of amides is 1. The Balaban J connectivity index is 2.25. The third kappa shape index (κ3) is 2.41. The fourth-order valence-electron chi connectivity index (χ4n) is 2.18. The van der Waals surface area contributed by atoms with Gasteiger partial charge in [-0.05, 0) is 18.2 Å². The van der Waals surface area contributed by atoms with Crippen LogP contribution in [0, 0.1) is 11.6 Å². The Labute approximate surface area is 119 Å². The smallest absolute Gasteiger partial charge is 0.263 e. The molecule has 2 aromatic rings. The van der Waals surface area contributed by atoms with Crippen LogP contribution in [0.3, 0.4) is 0 Å². The van der Waals surface area contributed by atoms with Crippen molar-refractivity contribution in [1.29, 1.82) is 0 Å². The van der Waals surface area contributed by atoms with Gasteiger partial charge in [0.25, 0.3) is 5.91 Å². The maximum atomic E-state index is 13.9. The largest absolute Gasteiger partial charge is 0.320 e. The van der Waals surface area contributed by atoms with Crippen molar-refractivity contribution < 1.29 is 13.6 Å². The lowest BCUT2D eigenvalue weighted by Gasteiger charge is -2.10. The maximum Gasteiger partial charge on any atom is 0.263 e. The molecular formula is C15H11F2N3O. The van der Waals surface area contributed by atoms with Crippen molar-refractivity contribution in [3.63, 3.8) is 0 Å². The van der Waals surface area contributed by atoms with Crippen LogP contribution in [-0.2, 0) is 4.79 Å². The summed E-state index contributed by atoms with van der Waals surface area (Å²) in [7, 11) is 0. The summed E-state index contributed by atoms with van der Waals surface area (Å²) >= 11 is 0. The van der Waals surface area contributed by atoms with E-state index in [0.717, 1.165) is 0 Å². The molecule has 0 aliphatic carbocycles. The number of aliphatic imine (C=N–C) groups is 1. The highest BCUT2D eigenvalue weighted by molar-refractivity contribution is 6.19. The predicted molar refractivity (Wildman–Crippen MR) is 75.0 cm³/mol. The van der Waals surface area contributed by atoms with Crippen LogP contribution in [0.25, 0.3) is 0 Å². The number of hydrogen-bond donors (Lipinski definition) is 2. The highest BCUT2D eigenvalue weighted by Gasteiger charge is 2.25. The van der Waals surface area contributed by atoms with Crippen LogP contribution in [-0.4, -0.2) is 17.8 Å². The van der Waals surface area contributed by atoms with Crippen LogP contribution in [0.5, 0.6) is 0 Å². The first kappa shape index (κ1) is 13.4. The second kappa shape index (κ2) is 5.06. The van der Waals surface area contributed by atoms with Gasteiger partial charge in [-0.1, -0.05) is 24.3 Å². The molecule has 1 heterocycles. The average molecular weight is 287 g/mol. The van der Waals surface area contributed by atoms with Gasteiger partial charge in [-0.15, -0.1) is 0 Å². The summed E-state index contributed by atoms with van der Waals surface area (Å²) in [5.74, 6) is -1.67. The molecule has 1 unspecified atom stereocenters. The van der Waals surface area contributed by atoms with Gasteiger partial charge in [-0.25, -0.2) is 8.78 Å². The number of rotatable bonds is 1.